The lowest BCUT2D eigenvalue weighted by atomic mass is 10.2. The fourth-order valence-corrected chi connectivity index (χ4v) is 4.80. The van der Waals surface area contributed by atoms with E-state index in [-0.39, 0.29) is 18.1 Å². The average molecular weight is 423 g/mol. The first kappa shape index (κ1) is 21.2. The van der Waals surface area contributed by atoms with E-state index in [0.717, 1.165) is 34.7 Å². The van der Waals surface area contributed by atoms with Gasteiger partial charge in [0.2, 0.25) is 0 Å². The van der Waals surface area contributed by atoms with Crippen molar-refractivity contribution >= 4 is 26.7 Å². The molecular formula is C20H24F2N4O2S. The van der Waals surface area contributed by atoms with Crippen molar-refractivity contribution in [3.05, 3.63) is 46.9 Å². The standard InChI is InChI=1S/C20H24F2N4O2S/c1-11(2)20-25-17-18(12(3)13(4)24-19(17)23)26(20)8-5-9-29(27,28)16-7-6-14(21)10-15(16)22/h6-7,10-11H,5,8-9H2,1-4H3,(H2,23,24). The maximum atomic E-state index is 13.9. The zero-order valence-electron chi connectivity index (χ0n) is 16.8. The number of aromatic nitrogens is 3. The highest BCUT2D eigenvalue weighted by molar-refractivity contribution is 7.91. The molecule has 1 aromatic carbocycles. The molecule has 0 amide bonds. The number of nitrogens with two attached hydrogens (primary N) is 1. The summed E-state index contributed by atoms with van der Waals surface area (Å²) in [6, 6.07) is 2.49. The molecule has 0 unspecified atom stereocenters. The molecule has 3 aromatic rings. The van der Waals surface area contributed by atoms with Crippen LogP contribution in [0.4, 0.5) is 14.6 Å². The van der Waals surface area contributed by atoms with Gasteiger partial charge in [-0.15, -0.1) is 0 Å². The van der Waals surface area contributed by atoms with Gasteiger partial charge in [-0.2, -0.15) is 0 Å². The molecule has 0 aliphatic heterocycles. The number of hydrogen-bond acceptors (Lipinski definition) is 5. The first-order valence-corrected chi connectivity index (χ1v) is 11.0. The predicted molar refractivity (Wildman–Crippen MR) is 109 cm³/mol. The molecular weight excluding hydrogens is 398 g/mol. The minimum Gasteiger partial charge on any atom is -0.382 e. The zero-order valence-corrected chi connectivity index (χ0v) is 17.6. The van der Waals surface area contributed by atoms with Crippen LogP contribution in [0.25, 0.3) is 11.0 Å². The number of nitrogens with zero attached hydrogens (tertiary/aromatic N) is 3. The Hall–Kier alpha value is -2.55. The molecule has 3 rings (SSSR count). The van der Waals surface area contributed by atoms with Gasteiger partial charge >= 0.3 is 0 Å². The van der Waals surface area contributed by atoms with Gasteiger partial charge in [-0.05, 0) is 38.0 Å². The van der Waals surface area contributed by atoms with Gasteiger partial charge in [0, 0.05) is 24.2 Å². The summed E-state index contributed by atoms with van der Waals surface area (Å²) in [4.78, 5) is 8.47. The molecule has 0 saturated carbocycles. The highest BCUT2D eigenvalue weighted by Crippen LogP contribution is 2.29. The van der Waals surface area contributed by atoms with E-state index < -0.39 is 26.4 Å². The lowest BCUT2D eigenvalue weighted by Gasteiger charge is -2.14. The van der Waals surface area contributed by atoms with Crippen molar-refractivity contribution in [3.8, 4) is 0 Å². The number of benzene rings is 1. The molecule has 0 spiro atoms. The number of sulfone groups is 1. The van der Waals surface area contributed by atoms with Gasteiger partial charge < -0.3 is 10.3 Å². The fourth-order valence-electron chi connectivity index (χ4n) is 3.43. The number of imidazole rings is 1. The van der Waals surface area contributed by atoms with Crippen molar-refractivity contribution in [2.45, 2.75) is 51.5 Å². The molecule has 0 aliphatic rings. The summed E-state index contributed by atoms with van der Waals surface area (Å²) >= 11 is 0. The molecule has 156 valence electrons. The minimum absolute atomic E-state index is 0.0904. The third-order valence-corrected chi connectivity index (χ3v) is 6.79. The number of rotatable bonds is 6. The fraction of sp³-hybridized carbons (Fsp3) is 0.400. The largest absolute Gasteiger partial charge is 0.382 e. The second-order valence-corrected chi connectivity index (χ2v) is 9.51. The molecule has 9 heteroatoms. The van der Waals surface area contributed by atoms with E-state index >= 15 is 0 Å². The van der Waals surface area contributed by atoms with Gasteiger partial charge in [-0.3, -0.25) is 0 Å². The van der Waals surface area contributed by atoms with Crippen LogP contribution < -0.4 is 5.73 Å². The SMILES string of the molecule is Cc1nc(N)c2nc(C(C)C)n(CCCS(=O)(=O)c3ccc(F)cc3F)c2c1C. The number of nitrogen functional groups attached to an aromatic ring is 1. The van der Waals surface area contributed by atoms with Gasteiger partial charge in [-0.1, -0.05) is 13.8 Å². The molecule has 0 atom stereocenters. The van der Waals surface area contributed by atoms with Gasteiger partial charge in [0.25, 0.3) is 0 Å². The Morgan fingerprint density at radius 2 is 1.86 bits per heavy atom. The molecule has 6 nitrogen and oxygen atoms in total. The number of hydrogen-bond donors (Lipinski definition) is 1. The summed E-state index contributed by atoms with van der Waals surface area (Å²) in [5, 5.41) is 0. The maximum Gasteiger partial charge on any atom is 0.181 e. The third kappa shape index (κ3) is 3.96. The van der Waals surface area contributed by atoms with Crippen molar-refractivity contribution in [3.63, 3.8) is 0 Å². The van der Waals surface area contributed by atoms with Crippen molar-refractivity contribution in [2.75, 3.05) is 11.5 Å². The van der Waals surface area contributed by atoms with Crippen LogP contribution in [0.1, 0.15) is 43.3 Å². The van der Waals surface area contributed by atoms with E-state index in [9.17, 15) is 17.2 Å². The van der Waals surface area contributed by atoms with E-state index in [1.165, 1.54) is 0 Å². The highest BCUT2D eigenvalue weighted by Gasteiger charge is 2.22. The van der Waals surface area contributed by atoms with Gasteiger partial charge in [0.1, 0.15) is 27.9 Å². The third-order valence-electron chi connectivity index (χ3n) is 4.97. The Kier molecular flexibility index (Phi) is 5.62. The lowest BCUT2D eigenvalue weighted by molar-refractivity contribution is 0.545. The number of halogens is 2. The van der Waals surface area contributed by atoms with Crippen molar-refractivity contribution in [1.29, 1.82) is 0 Å². The molecule has 0 saturated heterocycles. The second kappa shape index (κ2) is 7.70. The van der Waals surface area contributed by atoms with E-state index in [1.807, 2.05) is 32.3 Å². The molecule has 0 radical (unpaired) electrons. The summed E-state index contributed by atoms with van der Waals surface area (Å²) < 4.78 is 54.0. The summed E-state index contributed by atoms with van der Waals surface area (Å²) in [6.45, 7) is 8.15. The summed E-state index contributed by atoms with van der Waals surface area (Å²) in [5.74, 6) is -0.952. The Bertz CT molecular complexity index is 1190. The highest BCUT2D eigenvalue weighted by atomic mass is 32.2. The quantitative estimate of drug-likeness (QED) is 0.609. The first-order chi connectivity index (χ1) is 13.5. The van der Waals surface area contributed by atoms with Crippen molar-refractivity contribution in [1.82, 2.24) is 14.5 Å². The Balaban J connectivity index is 1.93. The van der Waals surface area contributed by atoms with Crippen LogP contribution in [0.3, 0.4) is 0 Å². The van der Waals surface area contributed by atoms with Crippen LogP contribution in [0.15, 0.2) is 23.1 Å². The minimum atomic E-state index is -3.89. The smallest absolute Gasteiger partial charge is 0.181 e. The Morgan fingerprint density at radius 1 is 1.17 bits per heavy atom. The van der Waals surface area contributed by atoms with E-state index in [1.54, 1.807) is 0 Å². The monoisotopic (exact) mass is 422 g/mol. The zero-order chi connectivity index (χ0) is 21.5. The lowest BCUT2D eigenvalue weighted by Crippen LogP contribution is -2.13. The van der Waals surface area contributed by atoms with Gasteiger partial charge in [0.15, 0.2) is 15.7 Å². The Labute approximate surface area is 168 Å². The molecule has 2 N–H and O–H groups in total. The normalized spacial score (nSPS) is 12.2. The summed E-state index contributed by atoms with van der Waals surface area (Å²) in [7, 11) is -3.89. The molecule has 0 fully saturated rings. The van der Waals surface area contributed by atoms with Crippen LogP contribution >= 0.6 is 0 Å². The molecule has 0 aliphatic carbocycles. The van der Waals surface area contributed by atoms with Crippen LogP contribution in [0.5, 0.6) is 0 Å². The van der Waals surface area contributed by atoms with Gasteiger partial charge in [0.05, 0.1) is 11.3 Å². The molecule has 29 heavy (non-hydrogen) atoms. The number of fused-ring (bicyclic) bond motifs is 1. The van der Waals surface area contributed by atoms with Crippen molar-refractivity contribution < 1.29 is 17.2 Å². The average Bonchev–Trinajstić information content (AvgIpc) is 3.00. The van der Waals surface area contributed by atoms with Crippen LogP contribution in [0.2, 0.25) is 0 Å². The number of aryl methyl sites for hydroxylation is 3. The Morgan fingerprint density at radius 3 is 2.48 bits per heavy atom. The summed E-state index contributed by atoms with van der Waals surface area (Å²) in [5.41, 5.74) is 9.21. The molecule has 2 heterocycles. The first-order valence-electron chi connectivity index (χ1n) is 9.33. The maximum absolute atomic E-state index is 13.9. The van der Waals surface area contributed by atoms with Crippen LogP contribution in [-0.2, 0) is 16.4 Å². The van der Waals surface area contributed by atoms with E-state index in [4.69, 9.17) is 5.73 Å². The number of anilines is 1. The molecule has 2 aromatic heterocycles. The van der Waals surface area contributed by atoms with Crippen LogP contribution in [-0.4, -0.2) is 28.7 Å². The molecule has 0 bridgehead atoms. The summed E-state index contributed by atoms with van der Waals surface area (Å²) in [6.07, 6.45) is 0.241. The van der Waals surface area contributed by atoms with E-state index in [2.05, 4.69) is 9.97 Å². The van der Waals surface area contributed by atoms with E-state index in [0.29, 0.717) is 23.9 Å². The second-order valence-electron chi connectivity index (χ2n) is 7.43. The predicted octanol–water partition coefficient (Wildman–Crippen LogP) is 3.90. The van der Waals surface area contributed by atoms with Crippen molar-refractivity contribution in [2.24, 2.45) is 0 Å². The van der Waals surface area contributed by atoms with Crippen LogP contribution in [0, 0.1) is 25.5 Å². The number of pyridine rings is 1. The van der Waals surface area contributed by atoms with Gasteiger partial charge in [-0.25, -0.2) is 27.2 Å². The topological polar surface area (TPSA) is 90.9 Å².